The van der Waals surface area contributed by atoms with Crippen molar-refractivity contribution >= 4 is 11.8 Å². The summed E-state index contributed by atoms with van der Waals surface area (Å²) >= 11 is 1.86. The van der Waals surface area contributed by atoms with Crippen molar-refractivity contribution in [3.05, 3.63) is 36.7 Å². The van der Waals surface area contributed by atoms with Crippen LogP contribution >= 0.6 is 11.8 Å². The number of nitrogens with one attached hydrogen (secondary N) is 1. The van der Waals surface area contributed by atoms with Crippen LogP contribution in [0.1, 0.15) is 13.8 Å². The van der Waals surface area contributed by atoms with Crippen LogP contribution in [-0.4, -0.2) is 15.2 Å². The summed E-state index contributed by atoms with van der Waals surface area (Å²) in [6.07, 6.45) is 3.64. The summed E-state index contributed by atoms with van der Waals surface area (Å²) in [7, 11) is 0. The number of hydrogen-bond donors (Lipinski definition) is 1. The van der Waals surface area contributed by atoms with E-state index in [1.165, 1.54) is 10.5 Å². The predicted octanol–water partition coefficient (Wildman–Crippen LogP) is 3.58. The van der Waals surface area contributed by atoms with Gasteiger partial charge in [-0.15, -0.1) is 11.8 Å². The Hall–Kier alpha value is -1.22. The van der Waals surface area contributed by atoms with Crippen LogP contribution in [0.25, 0.3) is 11.4 Å². The molecule has 2 rings (SSSR count). The number of benzene rings is 1. The summed E-state index contributed by atoms with van der Waals surface area (Å²) in [5, 5.41) is 0.584. The molecule has 0 aliphatic heterocycles. The third kappa shape index (κ3) is 2.42. The van der Waals surface area contributed by atoms with Gasteiger partial charge < -0.3 is 4.98 Å². The van der Waals surface area contributed by atoms with E-state index < -0.39 is 0 Å². The highest BCUT2D eigenvalue weighted by molar-refractivity contribution is 8.00. The molecule has 0 spiro atoms. The minimum atomic E-state index is 0.584. The van der Waals surface area contributed by atoms with E-state index in [9.17, 15) is 0 Å². The van der Waals surface area contributed by atoms with Crippen molar-refractivity contribution in [2.75, 3.05) is 0 Å². The van der Waals surface area contributed by atoms with Crippen molar-refractivity contribution in [3.8, 4) is 11.4 Å². The molecule has 78 valence electrons. The zero-order valence-corrected chi connectivity index (χ0v) is 9.71. The number of hydrogen-bond acceptors (Lipinski definition) is 2. The summed E-state index contributed by atoms with van der Waals surface area (Å²) in [6, 6.07) is 8.35. The second-order valence-electron chi connectivity index (χ2n) is 3.60. The van der Waals surface area contributed by atoms with Gasteiger partial charge in [-0.25, -0.2) is 4.98 Å². The number of aromatic amines is 1. The second kappa shape index (κ2) is 4.53. The van der Waals surface area contributed by atoms with E-state index in [0.717, 1.165) is 5.82 Å². The zero-order valence-electron chi connectivity index (χ0n) is 8.90. The topological polar surface area (TPSA) is 28.7 Å². The van der Waals surface area contributed by atoms with Crippen LogP contribution in [0.5, 0.6) is 0 Å². The van der Waals surface area contributed by atoms with Gasteiger partial charge in [-0.2, -0.15) is 0 Å². The van der Waals surface area contributed by atoms with Crippen LogP contribution in [0.4, 0.5) is 0 Å². The molecule has 1 aromatic carbocycles. The lowest BCUT2D eigenvalue weighted by atomic mass is 10.2. The lowest BCUT2D eigenvalue weighted by molar-refractivity contribution is 1.11. The van der Waals surface area contributed by atoms with Crippen LogP contribution in [0, 0.1) is 0 Å². The molecule has 0 saturated heterocycles. The van der Waals surface area contributed by atoms with E-state index in [2.05, 4.69) is 42.0 Å². The van der Waals surface area contributed by atoms with E-state index >= 15 is 0 Å². The molecule has 0 radical (unpaired) electrons. The number of thioether (sulfide) groups is 1. The van der Waals surface area contributed by atoms with Crippen LogP contribution in [0.3, 0.4) is 0 Å². The molecule has 0 bridgehead atoms. The lowest BCUT2D eigenvalue weighted by Crippen LogP contribution is -1.89. The SMILES string of the molecule is CC(C)Sc1ccccc1-c1ncc[nH]1. The summed E-state index contributed by atoms with van der Waals surface area (Å²) < 4.78 is 0. The zero-order chi connectivity index (χ0) is 10.7. The van der Waals surface area contributed by atoms with Crippen molar-refractivity contribution in [1.29, 1.82) is 0 Å². The molecule has 3 heteroatoms. The van der Waals surface area contributed by atoms with Crippen LogP contribution in [0.15, 0.2) is 41.6 Å². The maximum atomic E-state index is 4.29. The fourth-order valence-corrected chi connectivity index (χ4v) is 2.39. The first-order valence-corrected chi connectivity index (χ1v) is 5.91. The van der Waals surface area contributed by atoms with Gasteiger partial charge in [-0.3, -0.25) is 0 Å². The van der Waals surface area contributed by atoms with Gasteiger partial charge in [0.15, 0.2) is 0 Å². The van der Waals surface area contributed by atoms with Crippen molar-refractivity contribution in [3.63, 3.8) is 0 Å². The normalized spacial score (nSPS) is 10.9. The summed E-state index contributed by atoms with van der Waals surface area (Å²) in [4.78, 5) is 8.71. The summed E-state index contributed by atoms with van der Waals surface area (Å²) in [5.41, 5.74) is 1.18. The molecule has 0 aliphatic rings. The third-order valence-corrected chi connectivity index (χ3v) is 3.08. The molecule has 0 aliphatic carbocycles. The molecule has 0 saturated carbocycles. The first-order chi connectivity index (χ1) is 7.27. The molecule has 1 aromatic heterocycles. The highest BCUT2D eigenvalue weighted by Crippen LogP contribution is 2.31. The van der Waals surface area contributed by atoms with E-state index in [1.54, 1.807) is 6.20 Å². The number of imidazole rings is 1. The predicted molar refractivity (Wildman–Crippen MR) is 65.0 cm³/mol. The standard InChI is InChI=1S/C12H14N2S/c1-9(2)15-11-6-4-3-5-10(11)12-13-7-8-14-12/h3-9H,1-2H3,(H,13,14). The average Bonchev–Trinajstić information content (AvgIpc) is 2.70. The molecule has 2 aromatic rings. The van der Waals surface area contributed by atoms with E-state index in [1.807, 2.05) is 24.0 Å². The molecule has 1 N–H and O–H groups in total. The Balaban J connectivity index is 2.38. The molecule has 15 heavy (non-hydrogen) atoms. The van der Waals surface area contributed by atoms with Gasteiger partial charge in [-0.05, 0) is 6.07 Å². The van der Waals surface area contributed by atoms with Gasteiger partial charge in [0.2, 0.25) is 0 Å². The Morgan fingerprint density at radius 2 is 2.07 bits per heavy atom. The Kier molecular flexibility index (Phi) is 3.11. The Morgan fingerprint density at radius 3 is 2.73 bits per heavy atom. The molecule has 0 amide bonds. The number of H-pyrrole nitrogens is 1. The first kappa shape index (κ1) is 10.3. The van der Waals surface area contributed by atoms with Crippen LogP contribution < -0.4 is 0 Å². The molecule has 1 heterocycles. The highest BCUT2D eigenvalue weighted by Gasteiger charge is 2.07. The minimum absolute atomic E-state index is 0.584. The van der Waals surface area contributed by atoms with Gasteiger partial charge in [0.25, 0.3) is 0 Å². The van der Waals surface area contributed by atoms with Crippen molar-refractivity contribution in [2.24, 2.45) is 0 Å². The third-order valence-electron chi connectivity index (χ3n) is 2.00. The highest BCUT2D eigenvalue weighted by atomic mass is 32.2. The summed E-state index contributed by atoms with van der Waals surface area (Å²) in [6.45, 7) is 4.40. The Morgan fingerprint density at radius 1 is 1.27 bits per heavy atom. The monoisotopic (exact) mass is 218 g/mol. The van der Waals surface area contributed by atoms with Crippen molar-refractivity contribution in [2.45, 2.75) is 24.0 Å². The van der Waals surface area contributed by atoms with E-state index in [0.29, 0.717) is 5.25 Å². The minimum Gasteiger partial charge on any atom is -0.345 e. The molecular weight excluding hydrogens is 204 g/mol. The molecular formula is C12H14N2S. The second-order valence-corrected chi connectivity index (χ2v) is 5.22. The molecule has 0 fully saturated rings. The van der Waals surface area contributed by atoms with Gasteiger partial charge >= 0.3 is 0 Å². The maximum absolute atomic E-state index is 4.29. The van der Waals surface area contributed by atoms with Gasteiger partial charge in [0.05, 0.1) is 0 Å². The van der Waals surface area contributed by atoms with Gasteiger partial charge in [0, 0.05) is 28.1 Å². The molecule has 0 atom stereocenters. The smallest absolute Gasteiger partial charge is 0.138 e. The van der Waals surface area contributed by atoms with E-state index in [-0.39, 0.29) is 0 Å². The Labute approximate surface area is 94.1 Å². The summed E-state index contributed by atoms with van der Waals surface area (Å²) in [5.74, 6) is 0.943. The quantitative estimate of drug-likeness (QED) is 0.798. The van der Waals surface area contributed by atoms with Gasteiger partial charge in [0.1, 0.15) is 5.82 Å². The first-order valence-electron chi connectivity index (χ1n) is 5.03. The van der Waals surface area contributed by atoms with Crippen molar-refractivity contribution in [1.82, 2.24) is 9.97 Å². The largest absolute Gasteiger partial charge is 0.345 e. The lowest BCUT2D eigenvalue weighted by Gasteiger charge is -2.08. The molecule has 0 unspecified atom stereocenters. The fraction of sp³-hybridized carbons (Fsp3) is 0.250. The van der Waals surface area contributed by atoms with Crippen LogP contribution in [-0.2, 0) is 0 Å². The average molecular weight is 218 g/mol. The number of nitrogens with zero attached hydrogens (tertiary/aromatic N) is 1. The van der Waals surface area contributed by atoms with E-state index in [4.69, 9.17) is 0 Å². The number of aromatic nitrogens is 2. The van der Waals surface area contributed by atoms with Gasteiger partial charge in [-0.1, -0.05) is 32.0 Å². The maximum Gasteiger partial charge on any atom is 0.138 e. The molecule has 2 nitrogen and oxygen atoms in total. The Bertz CT molecular complexity index is 421. The fourth-order valence-electron chi connectivity index (χ4n) is 1.43. The van der Waals surface area contributed by atoms with Crippen molar-refractivity contribution < 1.29 is 0 Å². The van der Waals surface area contributed by atoms with Crippen LogP contribution in [0.2, 0.25) is 0 Å². The number of rotatable bonds is 3.